The fraction of sp³-hybridized carbons (Fsp3) is 0.261. The van der Waals surface area contributed by atoms with Gasteiger partial charge in [-0.1, -0.05) is 23.9 Å². The van der Waals surface area contributed by atoms with Gasteiger partial charge in [0.15, 0.2) is 10.8 Å². The van der Waals surface area contributed by atoms with Gasteiger partial charge >= 0.3 is 12.0 Å². The summed E-state index contributed by atoms with van der Waals surface area (Å²) in [5.74, 6) is 1.46. The maximum absolute atomic E-state index is 12.9. The quantitative estimate of drug-likeness (QED) is 0.245. The zero-order valence-corrected chi connectivity index (χ0v) is 19.6. The summed E-state index contributed by atoms with van der Waals surface area (Å²) >= 11 is 1.34. The van der Waals surface area contributed by atoms with E-state index in [1.165, 1.54) is 11.8 Å². The molecule has 10 nitrogen and oxygen atoms in total. The fourth-order valence-corrected chi connectivity index (χ4v) is 4.78. The third kappa shape index (κ3) is 3.98. The molecule has 3 aromatic heterocycles. The Bertz CT molecular complexity index is 1460. The van der Waals surface area contributed by atoms with Crippen molar-refractivity contribution in [3.05, 3.63) is 65.0 Å². The van der Waals surface area contributed by atoms with Crippen molar-refractivity contribution in [1.29, 1.82) is 0 Å². The minimum Gasteiger partial charge on any atom is -0.464 e. The number of fused-ring (bicyclic) bond motifs is 3. The number of benzene rings is 1. The number of para-hydroxylation sites is 1. The van der Waals surface area contributed by atoms with Crippen LogP contribution in [0.2, 0.25) is 0 Å². The zero-order valence-electron chi connectivity index (χ0n) is 18.8. The predicted octanol–water partition coefficient (Wildman–Crippen LogP) is 3.45. The number of furan rings is 1. The third-order valence-electron chi connectivity index (χ3n) is 5.30. The van der Waals surface area contributed by atoms with Crippen molar-refractivity contribution in [3.63, 3.8) is 0 Å². The molecule has 174 valence electrons. The van der Waals surface area contributed by atoms with Gasteiger partial charge in [0, 0.05) is 16.8 Å². The molecule has 1 atom stereocenters. The Morgan fingerprint density at radius 2 is 2.03 bits per heavy atom. The lowest BCUT2D eigenvalue weighted by Gasteiger charge is -2.27. The normalized spacial score (nSPS) is 16.1. The largest absolute Gasteiger partial charge is 0.464 e. The average Bonchev–Trinajstić information content (AvgIpc) is 3.42. The van der Waals surface area contributed by atoms with Crippen LogP contribution in [0.1, 0.15) is 30.3 Å². The summed E-state index contributed by atoms with van der Waals surface area (Å²) in [6, 6.07) is 10.0. The Morgan fingerprint density at radius 1 is 1.21 bits per heavy atom. The van der Waals surface area contributed by atoms with Gasteiger partial charge < -0.3 is 19.8 Å². The molecular weight excluding hydrogens is 456 g/mol. The number of thioether (sulfide) groups is 1. The number of carbonyl (C=O) groups is 2. The number of nitrogens with one attached hydrogen (secondary N) is 2. The van der Waals surface area contributed by atoms with E-state index in [1.807, 2.05) is 31.2 Å². The molecule has 0 spiro atoms. The summed E-state index contributed by atoms with van der Waals surface area (Å²) < 4.78 is 12.7. The van der Waals surface area contributed by atoms with Gasteiger partial charge in [0.1, 0.15) is 23.4 Å². The van der Waals surface area contributed by atoms with Crippen LogP contribution in [0.4, 0.5) is 4.79 Å². The van der Waals surface area contributed by atoms with Crippen molar-refractivity contribution in [2.75, 3.05) is 12.4 Å². The Balaban J connectivity index is 1.56. The smallest absolute Gasteiger partial charge is 0.338 e. The highest BCUT2D eigenvalue weighted by Gasteiger charge is 2.35. The monoisotopic (exact) mass is 478 g/mol. The Hall–Kier alpha value is -3.86. The molecule has 0 saturated carbocycles. The van der Waals surface area contributed by atoms with E-state index in [1.54, 1.807) is 30.5 Å². The molecule has 1 unspecified atom stereocenters. The number of hydrogen-bond acceptors (Lipinski definition) is 8. The van der Waals surface area contributed by atoms with Crippen LogP contribution < -0.4 is 10.6 Å². The lowest BCUT2D eigenvalue weighted by molar-refractivity contribution is -0.139. The molecule has 34 heavy (non-hydrogen) atoms. The van der Waals surface area contributed by atoms with E-state index in [0.29, 0.717) is 33.8 Å². The molecule has 1 aliphatic rings. The number of rotatable bonds is 6. The number of aryl methyl sites for hydroxylation is 2. The second-order valence-electron chi connectivity index (χ2n) is 7.69. The van der Waals surface area contributed by atoms with Crippen molar-refractivity contribution in [1.82, 2.24) is 30.2 Å². The molecule has 0 radical (unpaired) electrons. The van der Waals surface area contributed by atoms with Crippen molar-refractivity contribution >= 4 is 40.3 Å². The molecule has 2 amide bonds. The van der Waals surface area contributed by atoms with Gasteiger partial charge in [0.05, 0.1) is 17.7 Å². The molecule has 1 aliphatic heterocycles. The molecule has 0 aliphatic carbocycles. The second kappa shape index (κ2) is 8.82. The minimum atomic E-state index is -0.768. The maximum Gasteiger partial charge on any atom is 0.338 e. The van der Waals surface area contributed by atoms with Crippen LogP contribution in [-0.4, -0.2) is 43.9 Å². The lowest BCUT2D eigenvalue weighted by Crippen LogP contribution is -2.46. The van der Waals surface area contributed by atoms with Crippen molar-refractivity contribution in [2.45, 2.75) is 32.0 Å². The lowest BCUT2D eigenvalue weighted by atomic mass is 10.0. The Labute approximate surface area is 198 Å². The summed E-state index contributed by atoms with van der Waals surface area (Å²) in [7, 11) is 0. The molecule has 4 heterocycles. The molecule has 0 fully saturated rings. The van der Waals surface area contributed by atoms with E-state index < -0.39 is 18.0 Å². The highest BCUT2D eigenvalue weighted by atomic mass is 32.2. The number of ether oxygens (including phenoxy) is 1. The van der Waals surface area contributed by atoms with Gasteiger partial charge in [-0.15, -0.1) is 5.10 Å². The maximum atomic E-state index is 12.9. The van der Waals surface area contributed by atoms with Crippen LogP contribution in [0, 0.1) is 13.8 Å². The molecular formula is C23H22N6O4S. The van der Waals surface area contributed by atoms with Gasteiger partial charge in [0.25, 0.3) is 0 Å². The highest BCUT2D eigenvalue weighted by molar-refractivity contribution is 7.99. The van der Waals surface area contributed by atoms with Crippen LogP contribution >= 0.6 is 11.8 Å². The summed E-state index contributed by atoms with van der Waals surface area (Å²) in [5, 5.41) is 11.5. The van der Waals surface area contributed by atoms with E-state index in [0.717, 1.165) is 10.9 Å². The molecule has 2 N–H and O–H groups in total. The number of nitrogens with zero attached hydrogens (tertiary/aromatic N) is 4. The molecule has 0 saturated heterocycles. The predicted molar refractivity (Wildman–Crippen MR) is 125 cm³/mol. The van der Waals surface area contributed by atoms with Crippen LogP contribution in [-0.2, 0) is 9.53 Å². The standard InChI is InChI=1S/C23H22N6O4S/c1-4-32-21(30)18-16(25-22(31)27-19(18)17-10-9-12(2)33-17)11-34-23-26-15-8-6-5-7-14(15)20-24-13(3)28-29(20)23/h5-10,19H,4,11H2,1-3H3,(H2,25,27,31). The van der Waals surface area contributed by atoms with Gasteiger partial charge in [0.2, 0.25) is 0 Å². The van der Waals surface area contributed by atoms with E-state index in [2.05, 4.69) is 20.7 Å². The first kappa shape index (κ1) is 22.0. The molecule has 4 aromatic rings. The number of urea groups is 1. The molecule has 0 bridgehead atoms. The first-order chi connectivity index (χ1) is 16.4. The topological polar surface area (TPSA) is 124 Å². The molecule has 5 rings (SSSR count). The number of aromatic nitrogens is 4. The van der Waals surface area contributed by atoms with Crippen LogP contribution in [0.25, 0.3) is 16.6 Å². The van der Waals surface area contributed by atoms with Crippen LogP contribution in [0.5, 0.6) is 0 Å². The van der Waals surface area contributed by atoms with Gasteiger partial charge in [-0.3, -0.25) is 0 Å². The molecule has 11 heteroatoms. The van der Waals surface area contributed by atoms with Gasteiger partial charge in [-0.25, -0.2) is 19.6 Å². The third-order valence-corrected chi connectivity index (χ3v) is 6.25. The van der Waals surface area contributed by atoms with E-state index in [9.17, 15) is 9.59 Å². The number of amides is 2. The fourth-order valence-electron chi connectivity index (χ4n) is 3.87. The summed E-state index contributed by atoms with van der Waals surface area (Å²) in [4.78, 5) is 34.7. The minimum absolute atomic E-state index is 0.200. The van der Waals surface area contributed by atoms with Crippen molar-refractivity contribution in [3.8, 4) is 0 Å². The number of esters is 1. The van der Waals surface area contributed by atoms with Gasteiger partial charge in [-0.2, -0.15) is 4.52 Å². The summed E-state index contributed by atoms with van der Waals surface area (Å²) in [5.41, 5.74) is 2.19. The highest BCUT2D eigenvalue weighted by Crippen LogP contribution is 2.32. The average molecular weight is 479 g/mol. The Morgan fingerprint density at radius 3 is 2.79 bits per heavy atom. The number of carbonyl (C=O) groups excluding carboxylic acids is 2. The van der Waals surface area contributed by atoms with Crippen LogP contribution in [0.15, 0.2) is 57.2 Å². The Kier molecular flexibility index (Phi) is 5.70. The summed E-state index contributed by atoms with van der Waals surface area (Å²) in [6.45, 7) is 5.55. The van der Waals surface area contributed by atoms with E-state index >= 15 is 0 Å². The molecule has 1 aromatic carbocycles. The van der Waals surface area contributed by atoms with E-state index in [-0.39, 0.29) is 17.9 Å². The van der Waals surface area contributed by atoms with Crippen molar-refractivity contribution < 1.29 is 18.7 Å². The number of hydrogen-bond donors (Lipinski definition) is 2. The summed E-state index contributed by atoms with van der Waals surface area (Å²) in [6.07, 6.45) is 0. The SMILES string of the molecule is CCOC(=O)C1=C(CSc2nc3ccccc3c3nc(C)nn23)NC(=O)NC1c1ccc(C)o1. The van der Waals surface area contributed by atoms with E-state index in [4.69, 9.17) is 14.1 Å². The first-order valence-corrected chi connectivity index (χ1v) is 11.7. The van der Waals surface area contributed by atoms with Crippen LogP contribution in [0.3, 0.4) is 0 Å². The zero-order chi connectivity index (χ0) is 23.8. The second-order valence-corrected chi connectivity index (χ2v) is 8.63. The first-order valence-electron chi connectivity index (χ1n) is 10.7. The van der Waals surface area contributed by atoms with Gasteiger partial charge in [-0.05, 0) is 45.0 Å². The van der Waals surface area contributed by atoms with Crippen molar-refractivity contribution in [2.24, 2.45) is 0 Å².